The van der Waals surface area contributed by atoms with Crippen LogP contribution in [0.15, 0.2) is 6.07 Å². The minimum Gasteiger partial charge on any atom is -0.393 e. The Kier molecular flexibility index (Phi) is 3.85. The van der Waals surface area contributed by atoms with Gasteiger partial charge in [0.25, 0.3) is 0 Å². The van der Waals surface area contributed by atoms with Crippen molar-refractivity contribution in [2.45, 2.75) is 44.6 Å². The summed E-state index contributed by atoms with van der Waals surface area (Å²) in [4.78, 5) is 6.91. The predicted octanol–water partition coefficient (Wildman–Crippen LogP) is 1.45. The number of nitrogens with zero attached hydrogens (tertiary/aromatic N) is 2. The van der Waals surface area contributed by atoms with Gasteiger partial charge in [-0.25, -0.2) is 4.98 Å². The highest BCUT2D eigenvalue weighted by atomic mass is 16.3. The molecule has 5 nitrogen and oxygen atoms in total. The van der Waals surface area contributed by atoms with Gasteiger partial charge in [-0.15, -0.1) is 0 Å². The van der Waals surface area contributed by atoms with Gasteiger partial charge in [0, 0.05) is 19.3 Å². The zero-order valence-electron chi connectivity index (χ0n) is 12.6. The zero-order chi connectivity index (χ0) is 15.0. The van der Waals surface area contributed by atoms with Gasteiger partial charge in [0.05, 0.1) is 11.7 Å². The fourth-order valence-electron chi connectivity index (χ4n) is 3.44. The van der Waals surface area contributed by atoms with Gasteiger partial charge in [-0.05, 0) is 56.1 Å². The minimum atomic E-state index is -0.132. The first-order valence-corrected chi connectivity index (χ1v) is 7.81. The van der Waals surface area contributed by atoms with Gasteiger partial charge < -0.3 is 15.7 Å². The number of nitrogens with one attached hydrogen (secondary N) is 1. The van der Waals surface area contributed by atoms with E-state index in [1.54, 1.807) is 0 Å². The Morgan fingerprint density at radius 1 is 1.43 bits per heavy atom. The maximum absolute atomic E-state index is 9.41. The average molecular weight is 288 g/mol. The van der Waals surface area contributed by atoms with Crippen LogP contribution in [0.4, 0.5) is 5.82 Å². The number of amidine groups is 1. The van der Waals surface area contributed by atoms with Gasteiger partial charge in [-0.3, -0.25) is 5.41 Å². The first-order chi connectivity index (χ1) is 10.0. The second-order valence-electron chi connectivity index (χ2n) is 6.46. The third-order valence-electron chi connectivity index (χ3n) is 4.68. The highest BCUT2D eigenvalue weighted by Gasteiger charge is 2.29. The quantitative estimate of drug-likeness (QED) is 0.578. The minimum absolute atomic E-state index is 0.0892. The molecule has 1 fully saturated rings. The molecular weight excluding hydrogens is 264 g/mol. The van der Waals surface area contributed by atoms with E-state index in [0.717, 1.165) is 43.6 Å². The molecule has 1 heterocycles. The van der Waals surface area contributed by atoms with Crippen molar-refractivity contribution in [1.29, 1.82) is 5.41 Å². The van der Waals surface area contributed by atoms with E-state index < -0.39 is 0 Å². The highest BCUT2D eigenvalue weighted by molar-refractivity contribution is 5.99. The van der Waals surface area contributed by atoms with Crippen molar-refractivity contribution in [3.8, 4) is 0 Å². The van der Waals surface area contributed by atoms with E-state index in [-0.39, 0.29) is 11.9 Å². The number of hydrogen-bond donors (Lipinski definition) is 3. The fraction of sp³-hybridized carbons (Fsp3) is 0.625. The molecule has 1 saturated carbocycles. The van der Waals surface area contributed by atoms with Crippen molar-refractivity contribution in [2.24, 2.45) is 11.7 Å². The molecule has 1 aromatic rings. The van der Waals surface area contributed by atoms with E-state index in [2.05, 4.69) is 11.0 Å². The zero-order valence-corrected chi connectivity index (χ0v) is 12.6. The number of nitrogens with two attached hydrogens (primary N) is 1. The Labute approximate surface area is 125 Å². The van der Waals surface area contributed by atoms with Crippen LogP contribution in [-0.4, -0.2) is 35.6 Å². The SMILES string of the molecule is CN(CC1CC(O)C1)c1nc2c(cc1C(=N)N)CCCC2. The molecule has 0 saturated heterocycles. The molecule has 0 unspecified atom stereocenters. The van der Waals surface area contributed by atoms with Crippen molar-refractivity contribution in [2.75, 3.05) is 18.5 Å². The molecule has 5 heteroatoms. The number of aliphatic hydroxyl groups excluding tert-OH is 1. The number of aromatic nitrogens is 1. The highest BCUT2D eigenvalue weighted by Crippen LogP contribution is 2.31. The number of nitrogen functional groups attached to an aromatic ring is 1. The normalized spacial score (nSPS) is 24.1. The number of rotatable bonds is 4. The summed E-state index contributed by atoms with van der Waals surface area (Å²) < 4.78 is 0. The molecule has 0 aromatic carbocycles. The molecule has 2 aliphatic rings. The molecule has 0 bridgehead atoms. The van der Waals surface area contributed by atoms with Crippen LogP contribution in [0, 0.1) is 11.3 Å². The van der Waals surface area contributed by atoms with E-state index in [1.165, 1.54) is 24.1 Å². The van der Waals surface area contributed by atoms with Crippen LogP contribution in [0.2, 0.25) is 0 Å². The van der Waals surface area contributed by atoms with Gasteiger partial charge in [0.2, 0.25) is 0 Å². The summed E-state index contributed by atoms with van der Waals surface area (Å²) >= 11 is 0. The van der Waals surface area contributed by atoms with Crippen LogP contribution in [0.25, 0.3) is 0 Å². The molecule has 0 radical (unpaired) electrons. The van der Waals surface area contributed by atoms with Crippen LogP contribution in [0.5, 0.6) is 0 Å². The largest absolute Gasteiger partial charge is 0.393 e. The smallest absolute Gasteiger partial charge is 0.139 e. The number of aryl methyl sites for hydroxylation is 2. The Morgan fingerprint density at radius 3 is 2.81 bits per heavy atom. The number of aliphatic hydroxyl groups is 1. The van der Waals surface area contributed by atoms with Crippen molar-refractivity contribution < 1.29 is 5.11 Å². The summed E-state index contributed by atoms with van der Waals surface area (Å²) in [6, 6.07) is 2.06. The number of pyridine rings is 1. The molecule has 2 aliphatic carbocycles. The molecular formula is C16H24N4O. The lowest BCUT2D eigenvalue weighted by Gasteiger charge is -2.35. The third-order valence-corrected chi connectivity index (χ3v) is 4.68. The van der Waals surface area contributed by atoms with Gasteiger partial charge in [0.1, 0.15) is 11.7 Å². The van der Waals surface area contributed by atoms with Crippen LogP contribution >= 0.6 is 0 Å². The third kappa shape index (κ3) is 2.88. The Bertz CT molecular complexity index is 551. The van der Waals surface area contributed by atoms with Crippen molar-refractivity contribution in [3.05, 3.63) is 22.9 Å². The summed E-state index contributed by atoms with van der Waals surface area (Å²) in [5.74, 6) is 1.43. The Balaban J connectivity index is 1.86. The Morgan fingerprint density at radius 2 is 2.14 bits per heavy atom. The van der Waals surface area contributed by atoms with Gasteiger partial charge in [-0.1, -0.05) is 0 Å². The summed E-state index contributed by atoms with van der Waals surface area (Å²) in [6.07, 6.45) is 6.05. The van der Waals surface area contributed by atoms with E-state index in [0.29, 0.717) is 5.92 Å². The van der Waals surface area contributed by atoms with Crippen molar-refractivity contribution >= 4 is 11.7 Å². The van der Waals surface area contributed by atoms with E-state index in [4.69, 9.17) is 16.1 Å². The van der Waals surface area contributed by atoms with Crippen LogP contribution in [0.3, 0.4) is 0 Å². The molecule has 1 aromatic heterocycles. The summed E-state index contributed by atoms with van der Waals surface area (Å²) in [5.41, 5.74) is 8.93. The van der Waals surface area contributed by atoms with Gasteiger partial charge in [-0.2, -0.15) is 0 Å². The average Bonchev–Trinajstić information content (AvgIpc) is 2.44. The molecule has 3 rings (SSSR count). The molecule has 21 heavy (non-hydrogen) atoms. The molecule has 0 atom stereocenters. The Hall–Kier alpha value is -1.62. The lowest BCUT2D eigenvalue weighted by molar-refractivity contribution is 0.0464. The van der Waals surface area contributed by atoms with Crippen molar-refractivity contribution in [1.82, 2.24) is 4.98 Å². The molecule has 114 valence electrons. The standard InChI is InChI=1S/C16H24N4O/c1-20(9-10-6-12(21)7-10)16-13(15(17)18)8-11-4-2-3-5-14(11)19-16/h8,10,12,21H,2-7,9H2,1H3,(H3,17,18). The predicted molar refractivity (Wildman–Crippen MR) is 83.9 cm³/mol. The second-order valence-corrected chi connectivity index (χ2v) is 6.46. The molecule has 0 spiro atoms. The number of hydrogen-bond acceptors (Lipinski definition) is 4. The van der Waals surface area contributed by atoms with Crippen LogP contribution in [-0.2, 0) is 12.8 Å². The van der Waals surface area contributed by atoms with Crippen LogP contribution in [0.1, 0.15) is 42.5 Å². The maximum Gasteiger partial charge on any atom is 0.139 e. The summed E-state index contributed by atoms with van der Waals surface area (Å²) in [5, 5.41) is 17.2. The summed E-state index contributed by atoms with van der Waals surface area (Å²) in [6.45, 7) is 0.864. The molecule has 0 amide bonds. The number of anilines is 1. The van der Waals surface area contributed by atoms with E-state index >= 15 is 0 Å². The topological polar surface area (TPSA) is 86.2 Å². The molecule has 4 N–H and O–H groups in total. The monoisotopic (exact) mass is 288 g/mol. The first-order valence-electron chi connectivity index (χ1n) is 7.81. The second kappa shape index (κ2) is 5.64. The van der Waals surface area contributed by atoms with Gasteiger partial charge in [0.15, 0.2) is 0 Å². The molecule has 0 aliphatic heterocycles. The van der Waals surface area contributed by atoms with E-state index in [1.807, 2.05) is 7.05 Å². The summed E-state index contributed by atoms with van der Waals surface area (Å²) in [7, 11) is 2.01. The lowest BCUT2D eigenvalue weighted by Crippen LogP contribution is -2.38. The van der Waals surface area contributed by atoms with E-state index in [9.17, 15) is 5.11 Å². The van der Waals surface area contributed by atoms with Crippen molar-refractivity contribution in [3.63, 3.8) is 0 Å². The fourth-order valence-corrected chi connectivity index (χ4v) is 3.44. The van der Waals surface area contributed by atoms with Crippen LogP contribution < -0.4 is 10.6 Å². The number of fused-ring (bicyclic) bond motifs is 1. The lowest BCUT2D eigenvalue weighted by atomic mass is 9.82. The first kappa shape index (κ1) is 14.3. The van der Waals surface area contributed by atoms with Gasteiger partial charge >= 0.3 is 0 Å². The maximum atomic E-state index is 9.41.